The molecular formula is C23H20FN7O2. The minimum absolute atomic E-state index is 0.0325. The van der Waals surface area contributed by atoms with E-state index in [-0.39, 0.29) is 30.1 Å². The molecule has 5 rings (SSSR count). The summed E-state index contributed by atoms with van der Waals surface area (Å²) in [6.45, 7) is -0.198. The van der Waals surface area contributed by atoms with Crippen molar-refractivity contribution in [3.05, 3.63) is 83.2 Å². The Bertz CT molecular complexity index is 1310. The number of rotatable bonds is 6. The van der Waals surface area contributed by atoms with Crippen LogP contribution in [-0.2, 0) is 24.2 Å². The lowest BCUT2D eigenvalue weighted by atomic mass is 10.2. The van der Waals surface area contributed by atoms with Gasteiger partial charge in [-0.2, -0.15) is 20.1 Å². The molecule has 0 bridgehead atoms. The molecule has 0 radical (unpaired) electrons. The second-order valence-electron chi connectivity index (χ2n) is 7.52. The summed E-state index contributed by atoms with van der Waals surface area (Å²) in [6.07, 6.45) is 2.59. The number of carbonyl (C=O) groups is 1. The van der Waals surface area contributed by atoms with E-state index < -0.39 is 5.97 Å². The fourth-order valence-electron chi connectivity index (χ4n) is 3.80. The maximum Gasteiger partial charge on any atom is 0.359 e. The van der Waals surface area contributed by atoms with E-state index in [2.05, 4.69) is 25.4 Å². The molecule has 0 unspecified atom stereocenters. The van der Waals surface area contributed by atoms with E-state index in [4.69, 9.17) is 10.5 Å². The zero-order valence-corrected chi connectivity index (χ0v) is 17.5. The Hall–Kier alpha value is -4.34. The SMILES string of the molecule is Nc1nc(COC(=O)c2nn(-c3ccccc3)c3c2CCC3)nc(Nc2ccc(F)cc2)n1. The van der Waals surface area contributed by atoms with Gasteiger partial charge >= 0.3 is 5.97 Å². The largest absolute Gasteiger partial charge is 0.453 e. The fourth-order valence-corrected chi connectivity index (χ4v) is 3.80. The Labute approximate surface area is 188 Å². The summed E-state index contributed by atoms with van der Waals surface area (Å²) < 4.78 is 20.4. The Balaban J connectivity index is 1.33. The molecule has 0 spiro atoms. The predicted molar refractivity (Wildman–Crippen MR) is 119 cm³/mol. The summed E-state index contributed by atoms with van der Waals surface area (Å²) in [5.74, 6) is -0.594. The molecule has 2 heterocycles. The third-order valence-corrected chi connectivity index (χ3v) is 5.26. The van der Waals surface area contributed by atoms with Gasteiger partial charge in [0, 0.05) is 16.9 Å². The van der Waals surface area contributed by atoms with E-state index in [1.165, 1.54) is 12.1 Å². The van der Waals surface area contributed by atoms with Gasteiger partial charge in [0.2, 0.25) is 11.9 Å². The van der Waals surface area contributed by atoms with Gasteiger partial charge in [0.1, 0.15) is 5.82 Å². The van der Waals surface area contributed by atoms with Crippen LogP contribution < -0.4 is 11.1 Å². The molecule has 3 N–H and O–H groups in total. The lowest BCUT2D eigenvalue weighted by Crippen LogP contribution is -2.13. The van der Waals surface area contributed by atoms with Gasteiger partial charge in [-0.25, -0.2) is 13.9 Å². The van der Waals surface area contributed by atoms with Crippen LogP contribution in [0.4, 0.5) is 22.0 Å². The summed E-state index contributed by atoms with van der Waals surface area (Å²) in [7, 11) is 0. The van der Waals surface area contributed by atoms with Crippen molar-refractivity contribution in [2.75, 3.05) is 11.1 Å². The third-order valence-electron chi connectivity index (χ3n) is 5.26. The van der Waals surface area contributed by atoms with Crippen molar-refractivity contribution in [2.24, 2.45) is 0 Å². The Morgan fingerprint density at radius 3 is 2.64 bits per heavy atom. The van der Waals surface area contributed by atoms with Gasteiger partial charge in [0.05, 0.1) is 5.69 Å². The number of anilines is 3. The van der Waals surface area contributed by atoms with Crippen LogP contribution in [0, 0.1) is 5.82 Å². The molecule has 4 aromatic rings. The van der Waals surface area contributed by atoms with Crippen LogP contribution in [-0.4, -0.2) is 30.7 Å². The first kappa shape index (κ1) is 20.6. The second kappa shape index (κ2) is 8.65. The highest BCUT2D eigenvalue weighted by atomic mass is 19.1. The first-order valence-corrected chi connectivity index (χ1v) is 10.4. The molecule has 2 aromatic carbocycles. The molecule has 2 aromatic heterocycles. The zero-order valence-electron chi connectivity index (χ0n) is 17.5. The van der Waals surface area contributed by atoms with E-state index in [1.54, 1.807) is 12.1 Å². The number of hydrogen-bond acceptors (Lipinski definition) is 8. The summed E-state index contributed by atoms with van der Waals surface area (Å²) in [6, 6.07) is 15.4. The average Bonchev–Trinajstić information content (AvgIpc) is 3.42. The lowest BCUT2D eigenvalue weighted by Gasteiger charge is -2.08. The van der Waals surface area contributed by atoms with E-state index in [1.807, 2.05) is 35.0 Å². The smallest absolute Gasteiger partial charge is 0.359 e. The molecule has 0 saturated heterocycles. The Morgan fingerprint density at radius 2 is 1.85 bits per heavy atom. The number of halogens is 1. The van der Waals surface area contributed by atoms with E-state index >= 15 is 0 Å². The third kappa shape index (κ3) is 4.36. The van der Waals surface area contributed by atoms with E-state index in [9.17, 15) is 9.18 Å². The molecule has 9 nitrogen and oxygen atoms in total. The van der Waals surface area contributed by atoms with Crippen LogP contribution in [0.5, 0.6) is 0 Å². The van der Waals surface area contributed by atoms with Crippen LogP contribution in [0.1, 0.15) is 34.0 Å². The molecule has 33 heavy (non-hydrogen) atoms. The maximum absolute atomic E-state index is 13.1. The van der Waals surface area contributed by atoms with E-state index in [0.29, 0.717) is 11.4 Å². The minimum Gasteiger partial charge on any atom is -0.453 e. The van der Waals surface area contributed by atoms with Crippen molar-refractivity contribution in [3.63, 3.8) is 0 Å². The highest BCUT2D eigenvalue weighted by Gasteiger charge is 2.28. The number of benzene rings is 2. The average molecular weight is 445 g/mol. The number of ether oxygens (including phenoxy) is 1. The van der Waals surface area contributed by atoms with Gasteiger partial charge in [0.15, 0.2) is 18.1 Å². The molecule has 0 amide bonds. The number of esters is 1. The predicted octanol–water partition coefficient (Wildman–Crippen LogP) is 3.37. The molecule has 0 aliphatic heterocycles. The molecule has 1 aliphatic carbocycles. The van der Waals surface area contributed by atoms with Gasteiger partial charge < -0.3 is 15.8 Å². The number of carbonyl (C=O) groups excluding carboxylic acids is 1. The standard InChI is InChI=1S/C23H20FN7O2/c24-14-9-11-15(12-10-14)26-23-28-19(27-22(25)29-23)13-33-21(32)20-17-7-4-8-18(17)31(30-20)16-5-2-1-3-6-16/h1-3,5-6,9-12H,4,7-8,13H2,(H3,25,26,27,28,29). The van der Waals surface area contributed by atoms with Crippen LogP contribution in [0.2, 0.25) is 0 Å². The van der Waals surface area contributed by atoms with Crippen LogP contribution in [0.25, 0.3) is 5.69 Å². The quantitative estimate of drug-likeness (QED) is 0.434. The highest BCUT2D eigenvalue weighted by molar-refractivity contribution is 5.89. The molecule has 166 valence electrons. The number of nitrogens with one attached hydrogen (secondary N) is 1. The Kier molecular flexibility index (Phi) is 5.39. The van der Waals surface area contributed by atoms with Crippen molar-refractivity contribution < 1.29 is 13.9 Å². The molecular weight excluding hydrogens is 425 g/mol. The zero-order chi connectivity index (χ0) is 22.8. The molecule has 1 aliphatic rings. The number of aromatic nitrogens is 5. The van der Waals surface area contributed by atoms with E-state index in [0.717, 1.165) is 36.2 Å². The van der Waals surface area contributed by atoms with Gasteiger partial charge in [-0.05, 0) is 55.7 Å². The fraction of sp³-hybridized carbons (Fsp3) is 0.174. The van der Waals surface area contributed by atoms with Gasteiger partial charge in [-0.15, -0.1) is 0 Å². The summed E-state index contributed by atoms with van der Waals surface area (Å²) in [5, 5.41) is 7.46. The number of nitrogen functional groups attached to an aromatic ring is 1. The van der Waals surface area contributed by atoms with Crippen LogP contribution >= 0.6 is 0 Å². The van der Waals surface area contributed by atoms with Gasteiger partial charge in [-0.3, -0.25) is 0 Å². The molecule has 0 saturated carbocycles. The number of para-hydroxylation sites is 1. The first-order valence-electron chi connectivity index (χ1n) is 10.4. The first-order chi connectivity index (χ1) is 16.1. The number of hydrogen-bond donors (Lipinski definition) is 2. The summed E-state index contributed by atoms with van der Waals surface area (Å²) >= 11 is 0. The maximum atomic E-state index is 13.1. The summed E-state index contributed by atoms with van der Waals surface area (Å²) in [5.41, 5.74) is 9.50. The van der Waals surface area contributed by atoms with Crippen molar-refractivity contribution >= 4 is 23.6 Å². The molecule has 0 atom stereocenters. The topological polar surface area (TPSA) is 121 Å². The monoisotopic (exact) mass is 445 g/mol. The Morgan fingerprint density at radius 1 is 1.06 bits per heavy atom. The summed E-state index contributed by atoms with van der Waals surface area (Å²) in [4.78, 5) is 25.1. The molecule has 10 heteroatoms. The normalized spacial score (nSPS) is 12.4. The lowest BCUT2D eigenvalue weighted by molar-refractivity contribution is 0.0453. The minimum atomic E-state index is -0.546. The highest BCUT2D eigenvalue weighted by Crippen LogP contribution is 2.28. The van der Waals surface area contributed by atoms with Gasteiger partial charge in [0.25, 0.3) is 0 Å². The second-order valence-corrected chi connectivity index (χ2v) is 7.52. The van der Waals surface area contributed by atoms with Gasteiger partial charge in [-0.1, -0.05) is 18.2 Å². The van der Waals surface area contributed by atoms with Crippen LogP contribution in [0.3, 0.4) is 0 Å². The van der Waals surface area contributed by atoms with Crippen molar-refractivity contribution in [2.45, 2.75) is 25.9 Å². The molecule has 0 fully saturated rings. The number of fused-ring (bicyclic) bond motifs is 1. The van der Waals surface area contributed by atoms with Crippen LogP contribution in [0.15, 0.2) is 54.6 Å². The van der Waals surface area contributed by atoms with Crippen molar-refractivity contribution in [3.8, 4) is 5.69 Å². The number of nitrogens with zero attached hydrogens (tertiary/aromatic N) is 5. The van der Waals surface area contributed by atoms with Crippen molar-refractivity contribution in [1.82, 2.24) is 24.7 Å². The van der Waals surface area contributed by atoms with Crippen molar-refractivity contribution in [1.29, 1.82) is 0 Å². The number of nitrogens with two attached hydrogens (primary N) is 1.